The topological polar surface area (TPSA) is 71.2 Å². The average Bonchev–Trinajstić information content (AvgIpc) is 2.61. The number of nitrogens with zero attached hydrogens (tertiary/aromatic N) is 1. The molecule has 0 aliphatic carbocycles. The lowest BCUT2D eigenvalue weighted by Gasteiger charge is -1.86. The van der Waals surface area contributed by atoms with Gasteiger partial charge in [-0.05, 0) is 12.1 Å². The number of nitrogens with one attached hydrogen (secondary N) is 1. The van der Waals surface area contributed by atoms with Gasteiger partial charge in [0.15, 0.2) is 0 Å². The highest BCUT2D eigenvalue weighted by atomic mass is 16.1. The smallest absolute Gasteiger partial charge is 0.294 e. The minimum atomic E-state index is -0.358. The lowest BCUT2D eigenvalue weighted by Crippen LogP contribution is -1.99. The van der Waals surface area contributed by atoms with E-state index in [1.54, 1.807) is 6.07 Å². The van der Waals surface area contributed by atoms with Crippen molar-refractivity contribution in [2.45, 2.75) is 0 Å². The van der Waals surface area contributed by atoms with Crippen molar-refractivity contribution in [1.29, 1.82) is 0 Å². The second-order valence-electron chi connectivity index (χ2n) is 2.85. The molecule has 1 aromatic carbocycles. The molecule has 4 heteroatoms. The van der Waals surface area contributed by atoms with Gasteiger partial charge in [-0.2, -0.15) is 4.99 Å². The van der Waals surface area contributed by atoms with Gasteiger partial charge in [0.2, 0.25) is 0 Å². The van der Waals surface area contributed by atoms with Crippen molar-refractivity contribution >= 4 is 23.1 Å². The van der Waals surface area contributed by atoms with Gasteiger partial charge in [-0.1, -0.05) is 18.2 Å². The Labute approximate surface area is 80.4 Å². The summed E-state index contributed by atoms with van der Waals surface area (Å²) in [6.07, 6.45) is 0.994. The van der Waals surface area contributed by atoms with E-state index in [1.165, 1.54) is 0 Å². The van der Waals surface area contributed by atoms with Gasteiger partial charge in [0.25, 0.3) is 5.91 Å². The van der Waals surface area contributed by atoms with Gasteiger partial charge >= 0.3 is 0 Å². The summed E-state index contributed by atoms with van der Waals surface area (Å²) in [5, 5.41) is 0.989. The molecule has 4 nitrogen and oxygen atoms in total. The number of aromatic amines is 1. The molecule has 1 heterocycles. The number of carbonyl (C=O) groups excluding carboxylic acids is 1. The van der Waals surface area contributed by atoms with Crippen molar-refractivity contribution in [2.24, 2.45) is 10.7 Å². The zero-order valence-corrected chi connectivity index (χ0v) is 7.40. The number of aromatic nitrogens is 1. The highest BCUT2D eigenvalue weighted by Gasteiger charge is 2.06. The summed E-state index contributed by atoms with van der Waals surface area (Å²) >= 11 is 0. The van der Waals surface area contributed by atoms with Crippen molar-refractivity contribution in [3.63, 3.8) is 0 Å². The molecular formula is C10H9N3O. The Kier molecular flexibility index (Phi) is 2.02. The third-order valence-electron chi connectivity index (χ3n) is 1.95. The van der Waals surface area contributed by atoms with Crippen LogP contribution in [0.4, 0.5) is 0 Å². The second-order valence-corrected chi connectivity index (χ2v) is 2.85. The molecule has 0 fully saturated rings. The van der Waals surface area contributed by atoms with E-state index in [1.807, 2.05) is 24.3 Å². The standard InChI is InChI=1S/C10H9N3O/c11-6-12-10(14)9-5-7-3-1-2-4-8(7)13-9/h1-6,13H,(H2,11,12,14). The third-order valence-corrected chi connectivity index (χ3v) is 1.95. The van der Waals surface area contributed by atoms with Crippen LogP contribution in [0.5, 0.6) is 0 Å². The van der Waals surface area contributed by atoms with Crippen LogP contribution in [0, 0.1) is 0 Å². The first-order valence-corrected chi connectivity index (χ1v) is 4.17. The van der Waals surface area contributed by atoms with E-state index in [0.717, 1.165) is 17.2 Å². The molecule has 0 atom stereocenters. The number of nitrogens with two attached hydrogens (primary N) is 1. The first kappa shape index (κ1) is 8.50. The molecule has 0 radical (unpaired) electrons. The zero-order chi connectivity index (χ0) is 9.97. The quantitative estimate of drug-likeness (QED) is 0.521. The Morgan fingerprint density at radius 2 is 2.21 bits per heavy atom. The van der Waals surface area contributed by atoms with E-state index in [4.69, 9.17) is 5.73 Å². The Hall–Kier alpha value is -2.10. The summed E-state index contributed by atoms with van der Waals surface area (Å²) in [5.74, 6) is -0.358. The van der Waals surface area contributed by atoms with Crippen LogP contribution in [-0.2, 0) is 0 Å². The minimum absolute atomic E-state index is 0.358. The van der Waals surface area contributed by atoms with Crippen molar-refractivity contribution in [1.82, 2.24) is 4.98 Å². The molecule has 0 saturated carbocycles. The average molecular weight is 187 g/mol. The number of hydrogen-bond donors (Lipinski definition) is 2. The molecule has 0 aliphatic heterocycles. The van der Waals surface area contributed by atoms with Crippen LogP contribution in [-0.4, -0.2) is 17.2 Å². The van der Waals surface area contributed by atoms with Gasteiger partial charge in [0.05, 0.1) is 6.34 Å². The number of fused-ring (bicyclic) bond motifs is 1. The third kappa shape index (κ3) is 1.37. The molecule has 2 rings (SSSR count). The lowest BCUT2D eigenvalue weighted by molar-refractivity contribution is 0.0999. The van der Waals surface area contributed by atoms with E-state index in [0.29, 0.717) is 5.69 Å². The highest BCUT2D eigenvalue weighted by molar-refractivity contribution is 6.01. The van der Waals surface area contributed by atoms with Crippen LogP contribution < -0.4 is 5.73 Å². The first-order chi connectivity index (χ1) is 6.81. The predicted molar refractivity (Wildman–Crippen MR) is 55.3 cm³/mol. The number of benzene rings is 1. The molecule has 2 aromatic rings. The normalized spacial score (nSPS) is 11.1. The summed E-state index contributed by atoms with van der Waals surface area (Å²) in [5.41, 5.74) is 6.41. The van der Waals surface area contributed by atoms with Gasteiger partial charge < -0.3 is 10.7 Å². The fraction of sp³-hybridized carbons (Fsp3) is 0. The highest BCUT2D eigenvalue weighted by Crippen LogP contribution is 2.14. The Balaban J connectivity index is 2.50. The Morgan fingerprint density at radius 3 is 2.93 bits per heavy atom. The number of aliphatic imine (C=N–C) groups is 1. The Morgan fingerprint density at radius 1 is 1.43 bits per heavy atom. The molecule has 3 N–H and O–H groups in total. The summed E-state index contributed by atoms with van der Waals surface area (Å²) in [6, 6.07) is 9.40. The van der Waals surface area contributed by atoms with Gasteiger partial charge in [-0.25, -0.2) is 0 Å². The van der Waals surface area contributed by atoms with Crippen LogP contribution in [0.25, 0.3) is 10.9 Å². The number of carbonyl (C=O) groups is 1. The van der Waals surface area contributed by atoms with Crippen LogP contribution in [0.1, 0.15) is 10.5 Å². The van der Waals surface area contributed by atoms with Crippen molar-refractivity contribution in [2.75, 3.05) is 0 Å². The summed E-state index contributed by atoms with van der Waals surface area (Å²) in [6.45, 7) is 0. The number of H-pyrrole nitrogens is 1. The van der Waals surface area contributed by atoms with E-state index in [-0.39, 0.29) is 5.91 Å². The predicted octanol–water partition coefficient (Wildman–Crippen LogP) is 1.30. The second kappa shape index (κ2) is 3.33. The molecular weight excluding hydrogens is 178 g/mol. The van der Waals surface area contributed by atoms with Crippen molar-refractivity contribution in [3.8, 4) is 0 Å². The van der Waals surface area contributed by atoms with E-state index < -0.39 is 0 Å². The summed E-state index contributed by atoms with van der Waals surface area (Å²) in [4.78, 5) is 17.7. The maximum atomic E-state index is 11.3. The first-order valence-electron chi connectivity index (χ1n) is 4.17. The molecule has 0 bridgehead atoms. The van der Waals surface area contributed by atoms with Gasteiger partial charge in [-0.3, -0.25) is 4.79 Å². The van der Waals surface area contributed by atoms with E-state index in [9.17, 15) is 4.79 Å². The SMILES string of the molecule is NC=NC(=O)c1cc2ccccc2[nH]1. The van der Waals surface area contributed by atoms with Crippen LogP contribution in [0.2, 0.25) is 0 Å². The molecule has 0 spiro atoms. The molecule has 1 aromatic heterocycles. The number of amides is 1. The van der Waals surface area contributed by atoms with Crippen molar-refractivity contribution in [3.05, 3.63) is 36.0 Å². The largest absolute Gasteiger partial charge is 0.390 e. The van der Waals surface area contributed by atoms with Crippen LogP contribution in [0.15, 0.2) is 35.3 Å². The van der Waals surface area contributed by atoms with Gasteiger partial charge in [0, 0.05) is 10.9 Å². The maximum Gasteiger partial charge on any atom is 0.294 e. The number of para-hydroxylation sites is 1. The summed E-state index contributed by atoms with van der Waals surface area (Å²) < 4.78 is 0. The van der Waals surface area contributed by atoms with Crippen molar-refractivity contribution < 1.29 is 4.79 Å². The summed E-state index contributed by atoms with van der Waals surface area (Å²) in [7, 11) is 0. The molecule has 0 aliphatic rings. The van der Waals surface area contributed by atoms with Crippen LogP contribution >= 0.6 is 0 Å². The minimum Gasteiger partial charge on any atom is -0.390 e. The fourth-order valence-corrected chi connectivity index (χ4v) is 1.33. The van der Waals surface area contributed by atoms with Crippen LogP contribution in [0.3, 0.4) is 0 Å². The number of rotatable bonds is 1. The molecule has 14 heavy (non-hydrogen) atoms. The van der Waals surface area contributed by atoms with Gasteiger partial charge in [-0.15, -0.1) is 0 Å². The van der Waals surface area contributed by atoms with E-state index in [2.05, 4.69) is 9.98 Å². The van der Waals surface area contributed by atoms with E-state index >= 15 is 0 Å². The Bertz CT molecular complexity index is 466. The lowest BCUT2D eigenvalue weighted by atomic mass is 10.2. The van der Waals surface area contributed by atoms with Gasteiger partial charge in [0.1, 0.15) is 5.69 Å². The number of hydrogen-bond acceptors (Lipinski definition) is 1. The molecule has 0 unspecified atom stereocenters. The molecule has 0 saturated heterocycles. The zero-order valence-electron chi connectivity index (χ0n) is 7.40. The maximum absolute atomic E-state index is 11.3. The molecule has 1 amide bonds. The molecule has 70 valence electrons. The monoisotopic (exact) mass is 187 g/mol. The fourth-order valence-electron chi connectivity index (χ4n) is 1.33.